The van der Waals surface area contributed by atoms with E-state index in [0.717, 1.165) is 55.0 Å². The minimum atomic E-state index is 0.0477. The van der Waals surface area contributed by atoms with Crippen LogP contribution in [0.25, 0.3) is 11.3 Å². The van der Waals surface area contributed by atoms with Gasteiger partial charge < -0.3 is 25.0 Å². The van der Waals surface area contributed by atoms with Gasteiger partial charge in [0, 0.05) is 30.4 Å². The highest BCUT2D eigenvalue weighted by molar-refractivity contribution is 5.91. The number of hydrogen-bond donors (Lipinski definition) is 2. The van der Waals surface area contributed by atoms with Crippen LogP contribution in [0.2, 0.25) is 0 Å². The lowest BCUT2D eigenvalue weighted by Crippen LogP contribution is -2.22. The van der Waals surface area contributed by atoms with E-state index in [1.807, 2.05) is 48.5 Å². The van der Waals surface area contributed by atoms with Crippen molar-refractivity contribution in [3.05, 3.63) is 60.3 Å². The molecule has 0 bridgehead atoms. The van der Waals surface area contributed by atoms with Crippen molar-refractivity contribution in [2.75, 3.05) is 51.0 Å². The number of hydrogen-bond acceptors (Lipinski definition) is 7. The van der Waals surface area contributed by atoms with E-state index < -0.39 is 0 Å². The smallest absolute Gasteiger partial charge is 0.224 e. The third-order valence-corrected chi connectivity index (χ3v) is 6.32. The molecule has 1 aromatic heterocycles. The Labute approximate surface area is 213 Å². The second kappa shape index (κ2) is 12.9. The number of amides is 1. The van der Waals surface area contributed by atoms with Crippen molar-refractivity contribution < 1.29 is 14.3 Å². The van der Waals surface area contributed by atoms with E-state index in [0.29, 0.717) is 30.4 Å². The van der Waals surface area contributed by atoms with E-state index in [1.54, 1.807) is 20.4 Å². The Kier molecular flexibility index (Phi) is 9.10. The second-order valence-corrected chi connectivity index (χ2v) is 8.91. The Bertz CT molecular complexity index is 1150. The number of anilines is 2. The fraction of sp³-hybridized carbons (Fsp3) is 0.393. The third kappa shape index (κ3) is 7.18. The summed E-state index contributed by atoms with van der Waals surface area (Å²) < 4.78 is 10.7. The maximum atomic E-state index is 12.4. The average Bonchev–Trinajstić information content (AvgIpc) is 3.42. The van der Waals surface area contributed by atoms with Crippen molar-refractivity contribution in [2.24, 2.45) is 0 Å². The first-order chi connectivity index (χ1) is 17.6. The highest BCUT2D eigenvalue weighted by Crippen LogP contribution is 2.27. The summed E-state index contributed by atoms with van der Waals surface area (Å²) in [5, 5.41) is 6.32. The molecule has 8 nitrogen and oxygen atoms in total. The molecular formula is C28H35N5O3. The summed E-state index contributed by atoms with van der Waals surface area (Å²) in [6, 6.07) is 15.6. The van der Waals surface area contributed by atoms with Gasteiger partial charge in [0.15, 0.2) is 11.5 Å². The molecule has 1 aliphatic rings. The van der Waals surface area contributed by atoms with E-state index in [2.05, 4.69) is 25.5 Å². The molecule has 0 aliphatic carbocycles. The largest absolute Gasteiger partial charge is 0.493 e. The van der Waals surface area contributed by atoms with E-state index in [1.165, 1.54) is 12.8 Å². The fourth-order valence-electron chi connectivity index (χ4n) is 4.41. The van der Waals surface area contributed by atoms with E-state index in [4.69, 9.17) is 9.47 Å². The van der Waals surface area contributed by atoms with Crippen LogP contribution in [0.1, 0.15) is 31.2 Å². The van der Waals surface area contributed by atoms with Crippen LogP contribution in [0, 0.1) is 0 Å². The predicted molar refractivity (Wildman–Crippen MR) is 143 cm³/mol. The summed E-state index contributed by atoms with van der Waals surface area (Å²) in [6.07, 6.45) is 6.49. The van der Waals surface area contributed by atoms with Gasteiger partial charge in [-0.2, -0.15) is 0 Å². The van der Waals surface area contributed by atoms with Crippen LogP contribution in [0.4, 0.5) is 11.6 Å². The molecule has 190 valence electrons. The van der Waals surface area contributed by atoms with Gasteiger partial charge in [0.1, 0.15) is 0 Å². The van der Waals surface area contributed by atoms with Crippen LogP contribution in [-0.2, 0) is 11.2 Å². The Morgan fingerprint density at radius 3 is 2.67 bits per heavy atom. The standard InChI is InChI=1S/C28H35N5O3/c1-35-25-11-10-21(19-26(25)36-2)12-14-29-28-30-15-13-24(32-28)22-7-5-8-23(20-22)31-27(34)9-6-18-33-16-3-4-17-33/h5,7-8,10-11,13,15,19-20H,3-4,6,9,12,14,16-18H2,1-2H3,(H,31,34)(H,29,30,32). The Balaban J connectivity index is 1.30. The van der Waals surface area contributed by atoms with Gasteiger partial charge in [-0.3, -0.25) is 4.79 Å². The topological polar surface area (TPSA) is 88.6 Å². The lowest BCUT2D eigenvalue weighted by molar-refractivity contribution is -0.116. The van der Waals surface area contributed by atoms with Crippen molar-refractivity contribution in [2.45, 2.75) is 32.1 Å². The molecule has 0 spiro atoms. The molecule has 0 radical (unpaired) electrons. The number of aromatic nitrogens is 2. The third-order valence-electron chi connectivity index (χ3n) is 6.32. The molecule has 2 N–H and O–H groups in total. The molecule has 0 atom stereocenters. The van der Waals surface area contributed by atoms with Crippen molar-refractivity contribution in [3.63, 3.8) is 0 Å². The Morgan fingerprint density at radius 1 is 1.03 bits per heavy atom. The number of nitrogens with one attached hydrogen (secondary N) is 2. The summed E-state index contributed by atoms with van der Waals surface area (Å²) >= 11 is 0. The minimum Gasteiger partial charge on any atom is -0.493 e. The summed E-state index contributed by atoms with van der Waals surface area (Å²) in [5.41, 5.74) is 3.62. The first kappa shape index (κ1) is 25.4. The Hall–Kier alpha value is -3.65. The molecule has 1 saturated heterocycles. The molecule has 1 amide bonds. The van der Waals surface area contributed by atoms with Gasteiger partial charge in [-0.15, -0.1) is 0 Å². The van der Waals surface area contributed by atoms with Crippen molar-refractivity contribution in [1.82, 2.24) is 14.9 Å². The highest BCUT2D eigenvalue weighted by atomic mass is 16.5. The zero-order chi connectivity index (χ0) is 25.2. The number of methoxy groups -OCH3 is 2. The SMILES string of the molecule is COc1ccc(CCNc2nccc(-c3cccc(NC(=O)CCCN4CCCC4)c3)n2)cc1OC. The maximum Gasteiger partial charge on any atom is 0.224 e. The van der Waals surface area contributed by atoms with Crippen LogP contribution in [0.3, 0.4) is 0 Å². The normalized spacial score (nSPS) is 13.4. The average molecular weight is 490 g/mol. The molecule has 2 aromatic carbocycles. The lowest BCUT2D eigenvalue weighted by Gasteiger charge is -2.14. The quantitative estimate of drug-likeness (QED) is 0.383. The monoisotopic (exact) mass is 489 g/mol. The van der Waals surface area contributed by atoms with Gasteiger partial charge >= 0.3 is 0 Å². The number of carbonyl (C=O) groups is 1. The molecule has 2 heterocycles. The van der Waals surface area contributed by atoms with Gasteiger partial charge in [-0.1, -0.05) is 18.2 Å². The van der Waals surface area contributed by atoms with Crippen molar-refractivity contribution in [3.8, 4) is 22.8 Å². The molecular weight excluding hydrogens is 454 g/mol. The van der Waals surface area contributed by atoms with Crippen LogP contribution in [0.5, 0.6) is 11.5 Å². The molecule has 0 saturated carbocycles. The first-order valence-corrected chi connectivity index (χ1v) is 12.5. The summed E-state index contributed by atoms with van der Waals surface area (Å²) in [5.74, 6) is 2.04. The highest BCUT2D eigenvalue weighted by Gasteiger charge is 2.12. The number of likely N-dealkylation sites (tertiary alicyclic amines) is 1. The number of carbonyl (C=O) groups excluding carboxylic acids is 1. The molecule has 1 fully saturated rings. The number of nitrogens with zero attached hydrogens (tertiary/aromatic N) is 3. The predicted octanol–water partition coefficient (Wildman–Crippen LogP) is 4.63. The van der Waals surface area contributed by atoms with E-state index in [-0.39, 0.29) is 5.91 Å². The van der Waals surface area contributed by atoms with E-state index in [9.17, 15) is 4.79 Å². The van der Waals surface area contributed by atoms with Gasteiger partial charge in [-0.25, -0.2) is 9.97 Å². The zero-order valence-corrected chi connectivity index (χ0v) is 21.1. The van der Waals surface area contributed by atoms with Gasteiger partial charge in [0.25, 0.3) is 0 Å². The van der Waals surface area contributed by atoms with Crippen LogP contribution >= 0.6 is 0 Å². The molecule has 8 heteroatoms. The lowest BCUT2D eigenvalue weighted by atomic mass is 10.1. The molecule has 36 heavy (non-hydrogen) atoms. The summed E-state index contributed by atoms with van der Waals surface area (Å²) in [6.45, 7) is 3.99. The molecule has 0 unspecified atom stereocenters. The second-order valence-electron chi connectivity index (χ2n) is 8.91. The number of benzene rings is 2. The molecule has 4 rings (SSSR count). The van der Waals surface area contributed by atoms with Crippen molar-refractivity contribution in [1.29, 1.82) is 0 Å². The van der Waals surface area contributed by atoms with Gasteiger partial charge in [0.2, 0.25) is 11.9 Å². The molecule has 3 aromatic rings. The van der Waals surface area contributed by atoms with Crippen LogP contribution in [-0.4, -0.2) is 61.2 Å². The van der Waals surface area contributed by atoms with Crippen LogP contribution in [0.15, 0.2) is 54.7 Å². The fourth-order valence-corrected chi connectivity index (χ4v) is 4.41. The number of ether oxygens (including phenoxy) is 2. The van der Waals surface area contributed by atoms with Crippen molar-refractivity contribution >= 4 is 17.5 Å². The summed E-state index contributed by atoms with van der Waals surface area (Å²) in [7, 11) is 3.26. The van der Waals surface area contributed by atoms with Crippen LogP contribution < -0.4 is 20.1 Å². The Morgan fingerprint density at radius 2 is 1.86 bits per heavy atom. The summed E-state index contributed by atoms with van der Waals surface area (Å²) in [4.78, 5) is 23.9. The van der Waals surface area contributed by atoms with Gasteiger partial charge in [0.05, 0.1) is 19.9 Å². The number of rotatable bonds is 12. The maximum absolute atomic E-state index is 12.4. The zero-order valence-electron chi connectivity index (χ0n) is 21.1. The van der Waals surface area contributed by atoms with E-state index >= 15 is 0 Å². The minimum absolute atomic E-state index is 0.0477. The first-order valence-electron chi connectivity index (χ1n) is 12.5. The molecule has 1 aliphatic heterocycles. The van der Waals surface area contributed by atoms with Gasteiger partial charge in [-0.05, 0) is 81.2 Å².